The van der Waals surface area contributed by atoms with E-state index in [2.05, 4.69) is 0 Å². The van der Waals surface area contributed by atoms with E-state index < -0.39 is 26.6 Å². The molecule has 1 rings (SSSR count). The van der Waals surface area contributed by atoms with E-state index in [1.807, 2.05) is 0 Å². The van der Waals surface area contributed by atoms with Crippen LogP contribution in [-0.2, 0) is 4.79 Å². The lowest BCUT2D eigenvalue weighted by molar-refractivity contribution is -0.449. The van der Waals surface area contributed by atoms with Crippen LogP contribution in [0.5, 0.6) is 0 Å². The summed E-state index contributed by atoms with van der Waals surface area (Å²) in [6.07, 6.45) is 1.27. The lowest BCUT2D eigenvalue weighted by Crippen LogP contribution is -2.40. The van der Waals surface area contributed by atoms with Crippen molar-refractivity contribution in [3.63, 3.8) is 0 Å². The molecule has 0 aromatic rings. The number of Topliss-reactive ketones (excluding diaryl/α,β-unsaturated/α-hetero) is 1. The smallest absolute Gasteiger partial charge is 0.276 e. The monoisotopic (exact) mass is 296 g/mol. The number of carbonyl (C=O) groups excluding carboxylic acids is 1. The minimum absolute atomic E-state index is 0.0868. The number of hydrogen-bond donors (Lipinski definition) is 0. The van der Waals surface area contributed by atoms with Crippen molar-refractivity contribution in [2.24, 2.45) is 16.7 Å². The zero-order chi connectivity index (χ0) is 16.7. The SMILES string of the molecule is CC(=O)C1(C)C=C([N+](=O)[O-])C(C(C)(C)C)=C([N+](=O)[O-])C1C. The van der Waals surface area contributed by atoms with Crippen molar-refractivity contribution in [3.8, 4) is 0 Å². The van der Waals surface area contributed by atoms with Crippen molar-refractivity contribution in [2.75, 3.05) is 0 Å². The second-order valence-corrected chi connectivity index (χ2v) is 6.61. The third-order valence-electron chi connectivity index (χ3n) is 4.16. The van der Waals surface area contributed by atoms with E-state index in [-0.39, 0.29) is 22.8 Å². The van der Waals surface area contributed by atoms with Gasteiger partial charge < -0.3 is 0 Å². The van der Waals surface area contributed by atoms with Crippen LogP contribution < -0.4 is 0 Å². The van der Waals surface area contributed by atoms with Gasteiger partial charge in [0.1, 0.15) is 11.4 Å². The highest BCUT2D eigenvalue weighted by molar-refractivity contribution is 5.85. The molecule has 0 saturated heterocycles. The summed E-state index contributed by atoms with van der Waals surface area (Å²) >= 11 is 0. The highest BCUT2D eigenvalue weighted by Crippen LogP contribution is 2.48. The molecule has 7 nitrogen and oxygen atoms in total. The molecule has 116 valence electrons. The van der Waals surface area contributed by atoms with Crippen LogP contribution in [0.4, 0.5) is 0 Å². The lowest BCUT2D eigenvalue weighted by Gasteiger charge is -2.34. The van der Waals surface area contributed by atoms with Gasteiger partial charge in [-0.2, -0.15) is 0 Å². The maximum atomic E-state index is 11.9. The Morgan fingerprint density at radius 2 is 1.71 bits per heavy atom. The summed E-state index contributed by atoms with van der Waals surface area (Å²) in [6, 6.07) is 0. The topological polar surface area (TPSA) is 103 Å². The maximum Gasteiger partial charge on any atom is 0.276 e. The Kier molecular flexibility index (Phi) is 4.09. The van der Waals surface area contributed by atoms with Gasteiger partial charge in [-0.25, -0.2) is 0 Å². The molecule has 7 heteroatoms. The number of hydrogen-bond acceptors (Lipinski definition) is 5. The molecule has 0 aromatic heterocycles. The van der Waals surface area contributed by atoms with Crippen LogP contribution in [0.25, 0.3) is 0 Å². The predicted molar refractivity (Wildman–Crippen MR) is 76.5 cm³/mol. The number of rotatable bonds is 3. The van der Waals surface area contributed by atoms with Crippen molar-refractivity contribution in [1.29, 1.82) is 0 Å². The fourth-order valence-electron chi connectivity index (χ4n) is 2.68. The zero-order valence-electron chi connectivity index (χ0n) is 13.1. The minimum Gasteiger partial charge on any atom is -0.299 e. The summed E-state index contributed by atoms with van der Waals surface area (Å²) in [5, 5.41) is 22.9. The van der Waals surface area contributed by atoms with Gasteiger partial charge in [0.25, 0.3) is 11.4 Å². The Morgan fingerprint density at radius 1 is 1.24 bits per heavy atom. The molecule has 0 radical (unpaired) electrons. The maximum absolute atomic E-state index is 11.9. The summed E-state index contributed by atoms with van der Waals surface area (Å²) in [5.41, 5.74) is -2.52. The molecule has 2 unspecified atom stereocenters. The number of carbonyl (C=O) groups is 1. The first-order chi connectivity index (χ1) is 9.34. The van der Waals surface area contributed by atoms with Crippen molar-refractivity contribution in [2.45, 2.75) is 41.5 Å². The molecule has 0 aromatic carbocycles. The Hall–Kier alpha value is -2.05. The Morgan fingerprint density at radius 3 is 2.00 bits per heavy atom. The normalized spacial score (nSPS) is 26.4. The van der Waals surface area contributed by atoms with E-state index in [1.165, 1.54) is 19.9 Å². The van der Waals surface area contributed by atoms with E-state index >= 15 is 0 Å². The molecule has 0 fully saturated rings. The van der Waals surface area contributed by atoms with Gasteiger partial charge in [-0.3, -0.25) is 25.0 Å². The number of ketones is 1. The Bertz CT molecular complexity index is 583. The molecule has 1 aliphatic carbocycles. The standard InChI is InChI=1S/C14H20N2O5/c1-8-12(16(20)21)11(13(3,4)5)10(15(18)19)7-14(8,6)9(2)17/h7-8H,1-6H3. The van der Waals surface area contributed by atoms with Crippen molar-refractivity contribution in [1.82, 2.24) is 0 Å². The molecule has 2 atom stereocenters. The lowest BCUT2D eigenvalue weighted by atomic mass is 9.65. The number of nitro groups is 2. The van der Waals surface area contributed by atoms with E-state index in [1.54, 1.807) is 27.7 Å². The van der Waals surface area contributed by atoms with Crippen LogP contribution in [0.2, 0.25) is 0 Å². The van der Waals surface area contributed by atoms with Crippen LogP contribution >= 0.6 is 0 Å². The van der Waals surface area contributed by atoms with Gasteiger partial charge in [0.05, 0.1) is 21.2 Å². The molecule has 0 heterocycles. The highest BCUT2D eigenvalue weighted by Gasteiger charge is 2.52. The number of allylic oxidation sites excluding steroid dienone is 3. The molecular formula is C14H20N2O5. The van der Waals surface area contributed by atoms with Crippen LogP contribution in [0.1, 0.15) is 41.5 Å². The molecule has 0 saturated carbocycles. The molecule has 0 N–H and O–H groups in total. The first-order valence-corrected chi connectivity index (χ1v) is 6.61. The summed E-state index contributed by atoms with van der Waals surface area (Å²) < 4.78 is 0. The second-order valence-electron chi connectivity index (χ2n) is 6.61. The van der Waals surface area contributed by atoms with Gasteiger partial charge in [0, 0.05) is 11.5 Å². The summed E-state index contributed by atoms with van der Waals surface area (Å²) in [6.45, 7) is 9.43. The average Bonchev–Trinajstić information content (AvgIpc) is 2.29. The van der Waals surface area contributed by atoms with Crippen LogP contribution in [0.15, 0.2) is 23.0 Å². The fourth-order valence-corrected chi connectivity index (χ4v) is 2.68. The largest absolute Gasteiger partial charge is 0.299 e. The third kappa shape index (κ3) is 2.72. The first-order valence-electron chi connectivity index (χ1n) is 6.61. The third-order valence-corrected chi connectivity index (χ3v) is 4.16. The summed E-state index contributed by atoms with van der Waals surface area (Å²) in [5.74, 6) is -1.07. The molecule has 21 heavy (non-hydrogen) atoms. The minimum atomic E-state index is -1.25. The van der Waals surface area contributed by atoms with Gasteiger partial charge in [0.2, 0.25) is 0 Å². The van der Waals surface area contributed by atoms with Gasteiger partial charge in [-0.05, 0) is 13.8 Å². The molecule has 0 aliphatic heterocycles. The number of nitrogens with zero attached hydrogens (tertiary/aromatic N) is 2. The van der Waals surface area contributed by atoms with E-state index in [4.69, 9.17) is 0 Å². The Balaban J connectivity index is 3.82. The van der Waals surface area contributed by atoms with Gasteiger partial charge >= 0.3 is 0 Å². The second kappa shape index (κ2) is 5.05. The molecule has 0 bridgehead atoms. The van der Waals surface area contributed by atoms with Gasteiger partial charge in [-0.1, -0.05) is 27.7 Å². The fraction of sp³-hybridized carbons (Fsp3) is 0.643. The quantitative estimate of drug-likeness (QED) is 0.588. The van der Waals surface area contributed by atoms with E-state index in [0.29, 0.717) is 0 Å². The molecule has 0 spiro atoms. The summed E-state index contributed by atoms with van der Waals surface area (Å²) in [4.78, 5) is 33.5. The van der Waals surface area contributed by atoms with Gasteiger partial charge in [0.15, 0.2) is 0 Å². The zero-order valence-corrected chi connectivity index (χ0v) is 13.1. The molecule has 0 amide bonds. The molecular weight excluding hydrogens is 276 g/mol. The van der Waals surface area contributed by atoms with E-state index in [0.717, 1.165) is 0 Å². The summed E-state index contributed by atoms with van der Waals surface area (Å²) in [7, 11) is 0. The molecule has 1 aliphatic rings. The van der Waals surface area contributed by atoms with Gasteiger partial charge in [-0.15, -0.1) is 0 Å². The predicted octanol–water partition coefficient (Wildman–Crippen LogP) is 2.97. The average molecular weight is 296 g/mol. The van der Waals surface area contributed by atoms with Crippen molar-refractivity contribution in [3.05, 3.63) is 43.3 Å². The van der Waals surface area contributed by atoms with E-state index in [9.17, 15) is 25.0 Å². The first kappa shape index (κ1) is 17.0. The van der Waals surface area contributed by atoms with Crippen molar-refractivity contribution < 1.29 is 14.6 Å². The Labute approximate surface area is 123 Å². The van der Waals surface area contributed by atoms with Crippen LogP contribution in [0, 0.1) is 37.0 Å². The highest BCUT2D eigenvalue weighted by atomic mass is 16.6. The van der Waals surface area contributed by atoms with Crippen LogP contribution in [-0.4, -0.2) is 15.6 Å². The van der Waals surface area contributed by atoms with Crippen molar-refractivity contribution >= 4 is 5.78 Å². The van der Waals surface area contributed by atoms with Crippen LogP contribution in [0.3, 0.4) is 0 Å².